The maximum absolute atomic E-state index is 11.7. The van der Waals surface area contributed by atoms with Gasteiger partial charge in [0.1, 0.15) is 0 Å². The molecular weight excluding hydrogens is 131 g/mol. The highest BCUT2D eigenvalue weighted by Gasteiger charge is 2.17. The summed E-state index contributed by atoms with van der Waals surface area (Å²) < 4.78 is 11.7. The van der Waals surface area contributed by atoms with Crippen molar-refractivity contribution in [2.45, 2.75) is 18.9 Å². The number of nitrogens with zero attached hydrogens (tertiary/aromatic N) is 1. The van der Waals surface area contributed by atoms with Gasteiger partial charge in [0.25, 0.3) is 0 Å². The molecule has 1 atom stereocenters. The molecule has 1 aliphatic rings. The summed E-state index contributed by atoms with van der Waals surface area (Å²) in [4.78, 5) is 2.23. The number of rotatable bonds is 3. The van der Waals surface area contributed by atoms with Crippen LogP contribution in [0.4, 0.5) is 4.39 Å². The Morgan fingerprint density at radius 1 is 1.60 bits per heavy atom. The van der Waals surface area contributed by atoms with Crippen LogP contribution in [0.5, 0.6) is 0 Å². The zero-order chi connectivity index (χ0) is 7.40. The van der Waals surface area contributed by atoms with E-state index in [4.69, 9.17) is 5.73 Å². The fourth-order valence-corrected chi connectivity index (χ4v) is 1.35. The molecule has 0 amide bonds. The first kappa shape index (κ1) is 7.95. The first-order valence-electron chi connectivity index (χ1n) is 3.87. The van der Waals surface area contributed by atoms with Crippen LogP contribution in [0.25, 0.3) is 0 Å². The molecule has 0 spiro atoms. The lowest BCUT2D eigenvalue weighted by Crippen LogP contribution is -2.27. The van der Waals surface area contributed by atoms with Crippen LogP contribution < -0.4 is 5.73 Å². The van der Waals surface area contributed by atoms with Crippen molar-refractivity contribution < 1.29 is 4.39 Å². The molecule has 60 valence electrons. The maximum Gasteiger partial charge on any atom is 0.0906 e. The summed E-state index contributed by atoms with van der Waals surface area (Å²) >= 11 is 0. The predicted molar refractivity (Wildman–Crippen MR) is 39.6 cm³/mol. The van der Waals surface area contributed by atoms with Gasteiger partial charge < -0.3 is 10.6 Å². The second-order valence-corrected chi connectivity index (χ2v) is 2.89. The van der Waals surface area contributed by atoms with Crippen LogP contribution in [0, 0.1) is 0 Å². The summed E-state index contributed by atoms with van der Waals surface area (Å²) in [6, 6.07) is 0.333. The highest BCUT2D eigenvalue weighted by molar-refractivity contribution is 4.77. The molecule has 0 aromatic heterocycles. The minimum atomic E-state index is -0.203. The van der Waals surface area contributed by atoms with Gasteiger partial charge in [-0.3, -0.25) is 4.39 Å². The van der Waals surface area contributed by atoms with E-state index in [0.717, 1.165) is 26.1 Å². The fourth-order valence-electron chi connectivity index (χ4n) is 1.35. The Labute approximate surface area is 61.2 Å². The Morgan fingerprint density at radius 3 is 2.90 bits per heavy atom. The Kier molecular flexibility index (Phi) is 3.09. The van der Waals surface area contributed by atoms with Crippen molar-refractivity contribution in [3.63, 3.8) is 0 Å². The van der Waals surface area contributed by atoms with Gasteiger partial charge >= 0.3 is 0 Å². The largest absolute Gasteiger partial charge is 0.326 e. The third kappa shape index (κ3) is 2.23. The van der Waals surface area contributed by atoms with Crippen molar-refractivity contribution in [2.24, 2.45) is 5.73 Å². The SMILES string of the molecule is NC1CCN(CCCF)C1. The zero-order valence-electron chi connectivity index (χ0n) is 6.22. The molecule has 1 fully saturated rings. The minimum Gasteiger partial charge on any atom is -0.326 e. The quantitative estimate of drug-likeness (QED) is 0.623. The molecule has 1 saturated heterocycles. The summed E-state index contributed by atoms with van der Waals surface area (Å²) in [6.07, 6.45) is 1.74. The number of hydrogen-bond donors (Lipinski definition) is 1. The van der Waals surface area contributed by atoms with Crippen molar-refractivity contribution in [3.05, 3.63) is 0 Å². The van der Waals surface area contributed by atoms with Gasteiger partial charge in [0.2, 0.25) is 0 Å². The van der Waals surface area contributed by atoms with Crippen LogP contribution in [-0.2, 0) is 0 Å². The van der Waals surface area contributed by atoms with E-state index in [1.54, 1.807) is 0 Å². The van der Waals surface area contributed by atoms with E-state index < -0.39 is 0 Å². The zero-order valence-corrected chi connectivity index (χ0v) is 6.22. The van der Waals surface area contributed by atoms with Crippen LogP contribution in [0.3, 0.4) is 0 Å². The van der Waals surface area contributed by atoms with Gasteiger partial charge in [0.15, 0.2) is 0 Å². The average Bonchev–Trinajstić information content (AvgIpc) is 2.31. The van der Waals surface area contributed by atoms with Gasteiger partial charge in [-0.05, 0) is 19.4 Å². The molecule has 0 saturated carbocycles. The highest BCUT2D eigenvalue weighted by Crippen LogP contribution is 2.06. The molecule has 10 heavy (non-hydrogen) atoms. The van der Waals surface area contributed by atoms with E-state index in [-0.39, 0.29) is 6.67 Å². The Morgan fingerprint density at radius 2 is 2.40 bits per heavy atom. The van der Waals surface area contributed by atoms with Crippen LogP contribution in [0.2, 0.25) is 0 Å². The lowest BCUT2D eigenvalue weighted by atomic mass is 10.3. The van der Waals surface area contributed by atoms with Gasteiger partial charge in [-0.1, -0.05) is 0 Å². The van der Waals surface area contributed by atoms with E-state index in [1.165, 1.54) is 0 Å². The molecule has 2 N–H and O–H groups in total. The number of hydrogen-bond acceptors (Lipinski definition) is 2. The predicted octanol–water partition coefficient (Wildman–Crippen LogP) is 0.379. The van der Waals surface area contributed by atoms with Gasteiger partial charge in [0.05, 0.1) is 6.67 Å². The topological polar surface area (TPSA) is 29.3 Å². The van der Waals surface area contributed by atoms with Gasteiger partial charge in [0, 0.05) is 19.1 Å². The first-order chi connectivity index (χ1) is 4.83. The first-order valence-corrected chi connectivity index (χ1v) is 3.87. The molecule has 0 aromatic carbocycles. The molecule has 0 bridgehead atoms. The lowest BCUT2D eigenvalue weighted by molar-refractivity contribution is 0.309. The fraction of sp³-hybridized carbons (Fsp3) is 1.00. The minimum absolute atomic E-state index is 0.203. The Hall–Kier alpha value is -0.150. The van der Waals surface area contributed by atoms with E-state index in [1.807, 2.05) is 0 Å². The molecule has 0 radical (unpaired) electrons. The number of halogens is 1. The molecule has 0 aromatic rings. The van der Waals surface area contributed by atoms with Gasteiger partial charge in [-0.2, -0.15) is 0 Å². The van der Waals surface area contributed by atoms with Crippen LogP contribution in [0.15, 0.2) is 0 Å². The number of nitrogens with two attached hydrogens (primary N) is 1. The van der Waals surface area contributed by atoms with Crippen molar-refractivity contribution >= 4 is 0 Å². The summed E-state index contributed by atoms with van der Waals surface area (Å²) in [5.41, 5.74) is 5.66. The van der Waals surface area contributed by atoms with Crippen molar-refractivity contribution in [1.82, 2.24) is 4.90 Å². The molecule has 0 aliphatic carbocycles. The monoisotopic (exact) mass is 146 g/mol. The Balaban J connectivity index is 2.06. The molecule has 1 rings (SSSR count). The van der Waals surface area contributed by atoms with Crippen LogP contribution in [0.1, 0.15) is 12.8 Å². The van der Waals surface area contributed by atoms with Crippen molar-refractivity contribution in [3.8, 4) is 0 Å². The standard InChI is InChI=1S/C7H15FN2/c8-3-1-4-10-5-2-7(9)6-10/h7H,1-6,9H2. The highest BCUT2D eigenvalue weighted by atomic mass is 19.1. The summed E-state index contributed by atoms with van der Waals surface area (Å²) in [7, 11) is 0. The third-order valence-electron chi connectivity index (χ3n) is 1.92. The summed E-state index contributed by atoms with van der Waals surface area (Å²) in [5, 5.41) is 0. The van der Waals surface area contributed by atoms with E-state index in [9.17, 15) is 4.39 Å². The van der Waals surface area contributed by atoms with E-state index in [0.29, 0.717) is 12.5 Å². The number of likely N-dealkylation sites (tertiary alicyclic amines) is 1. The van der Waals surface area contributed by atoms with Crippen LogP contribution in [-0.4, -0.2) is 37.3 Å². The average molecular weight is 146 g/mol. The molecule has 1 aliphatic heterocycles. The lowest BCUT2D eigenvalue weighted by Gasteiger charge is -2.12. The van der Waals surface area contributed by atoms with Crippen LogP contribution >= 0.6 is 0 Å². The normalized spacial score (nSPS) is 27.6. The van der Waals surface area contributed by atoms with Crippen molar-refractivity contribution in [2.75, 3.05) is 26.3 Å². The second kappa shape index (κ2) is 3.88. The third-order valence-corrected chi connectivity index (χ3v) is 1.92. The van der Waals surface area contributed by atoms with E-state index in [2.05, 4.69) is 4.90 Å². The molecule has 2 nitrogen and oxygen atoms in total. The Bertz CT molecular complexity index is 97.6. The smallest absolute Gasteiger partial charge is 0.0906 e. The summed E-state index contributed by atoms with van der Waals surface area (Å²) in [5.74, 6) is 0. The maximum atomic E-state index is 11.7. The van der Waals surface area contributed by atoms with Gasteiger partial charge in [-0.15, -0.1) is 0 Å². The van der Waals surface area contributed by atoms with Crippen molar-refractivity contribution in [1.29, 1.82) is 0 Å². The molecule has 3 heteroatoms. The summed E-state index contributed by atoms with van der Waals surface area (Å²) in [6.45, 7) is 2.69. The molecule has 1 unspecified atom stereocenters. The molecule has 1 heterocycles. The van der Waals surface area contributed by atoms with E-state index >= 15 is 0 Å². The molecular formula is C7H15FN2. The second-order valence-electron chi connectivity index (χ2n) is 2.89. The number of alkyl halides is 1. The van der Waals surface area contributed by atoms with Gasteiger partial charge in [-0.25, -0.2) is 0 Å².